The van der Waals surface area contributed by atoms with E-state index in [9.17, 15) is 4.79 Å². The van der Waals surface area contributed by atoms with E-state index >= 15 is 0 Å². The Bertz CT molecular complexity index is 747. The number of rotatable bonds is 5. The molecule has 1 fully saturated rings. The van der Waals surface area contributed by atoms with E-state index in [0.717, 1.165) is 38.4 Å². The number of aromatic nitrogens is 3. The van der Waals surface area contributed by atoms with Crippen LogP contribution in [0.1, 0.15) is 10.5 Å². The van der Waals surface area contributed by atoms with Crippen LogP contribution in [0.5, 0.6) is 0 Å². The van der Waals surface area contributed by atoms with Crippen molar-refractivity contribution in [2.24, 2.45) is 0 Å². The van der Waals surface area contributed by atoms with E-state index in [-0.39, 0.29) is 12.4 Å². The van der Waals surface area contributed by atoms with E-state index < -0.39 is 5.97 Å². The summed E-state index contributed by atoms with van der Waals surface area (Å²) in [6.07, 6.45) is 1.42. The van der Waals surface area contributed by atoms with Crippen LogP contribution >= 0.6 is 35.6 Å². The average Bonchev–Trinajstić information content (AvgIpc) is 3.10. The number of carbonyl (C=O) groups is 1. The summed E-state index contributed by atoms with van der Waals surface area (Å²) >= 11 is 12.1. The number of piperazine rings is 1. The quantitative estimate of drug-likeness (QED) is 0.693. The SMILES string of the molecule is COC(=O)c1cnnn1CCN1CCN(c2ccc(Cl)c(Cl)c2)CC1.Cl. The molecule has 142 valence electrons. The lowest BCUT2D eigenvalue weighted by Crippen LogP contribution is -2.47. The van der Waals surface area contributed by atoms with Gasteiger partial charge in [-0.15, -0.1) is 17.5 Å². The van der Waals surface area contributed by atoms with Crippen molar-refractivity contribution in [3.8, 4) is 0 Å². The molecule has 0 atom stereocenters. The third kappa shape index (κ3) is 4.79. The van der Waals surface area contributed by atoms with Gasteiger partial charge < -0.3 is 9.64 Å². The maximum Gasteiger partial charge on any atom is 0.358 e. The van der Waals surface area contributed by atoms with Gasteiger partial charge in [-0.25, -0.2) is 9.48 Å². The van der Waals surface area contributed by atoms with Crippen molar-refractivity contribution in [1.29, 1.82) is 0 Å². The lowest BCUT2D eigenvalue weighted by molar-refractivity contribution is 0.0585. The Morgan fingerprint density at radius 3 is 2.54 bits per heavy atom. The molecule has 3 rings (SSSR count). The Hall–Kier alpha value is -1.54. The minimum atomic E-state index is -0.422. The zero-order chi connectivity index (χ0) is 17.8. The average molecular weight is 421 g/mol. The van der Waals surface area contributed by atoms with E-state index in [1.165, 1.54) is 13.3 Å². The van der Waals surface area contributed by atoms with E-state index in [4.69, 9.17) is 27.9 Å². The lowest BCUT2D eigenvalue weighted by Gasteiger charge is -2.36. The van der Waals surface area contributed by atoms with Gasteiger partial charge in [-0.2, -0.15) is 0 Å². The predicted octanol–water partition coefficient (Wildman–Crippen LogP) is 2.62. The van der Waals surface area contributed by atoms with Crippen molar-refractivity contribution in [1.82, 2.24) is 19.9 Å². The molecule has 1 saturated heterocycles. The Morgan fingerprint density at radius 1 is 1.15 bits per heavy atom. The van der Waals surface area contributed by atoms with Gasteiger partial charge in [-0.1, -0.05) is 28.4 Å². The van der Waals surface area contributed by atoms with Gasteiger partial charge >= 0.3 is 5.97 Å². The van der Waals surface area contributed by atoms with Crippen LogP contribution in [-0.4, -0.2) is 65.7 Å². The summed E-state index contributed by atoms with van der Waals surface area (Å²) < 4.78 is 6.31. The number of hydrogen-bond donors (Lipinski definition) is 0. The second-order valence-electron chi connectivity index (χ2n) is 5.76. The highest BCUT2D eigenvalue weighted by Crippen LogP contribution is 2.27. The molecule has 1 aromatic heterocycles. The second kappa shape index (κ2) is 9.41. The maximum absolute atomic E-state index is 11.6. The number of carbonyl (C=O) groups excluding carboxylic acids is 1. The number of ether oxygens (including phenoxy) is 1. The highest BCUT2D eigenvalue weighted by molar-refractivity contribution is 6.42. The van der Waals surface area contributed by atoms with Crippen LogP contribution in [0.15, 0.2) is 24.4 Å². The van der Waals surface area contributed by atoms with Crippen LogP contribution in [0.3, 0.4) is 0 Å². The first kappa shape index (κ1) is 20.8. The highest BCUT2D eigenvalue weighted by atomic mass is 35.5. The van der Waals surface area contributed by atoms with Gasteiger partial charge in [0, 0.05) is 38.4 Å². The van der Waals surface area contributed by atoms with Gasteiger partial charge in [-0.05, 0) is 18.2 Å². The molecule has 0 radical (unpaired) electrons. The predicted molar refractivity (Wildman–Crippen MR) is 104 cm³/mol. The number of methoxy groups -OCH3 is 1. The maximum atomic E-state index is 11.6. The summed E-state index contributed by atoms with van der Waals surface area (Å²) in [7, 11) is 1.35. The number of nitrogens with zero attached hydrogens (tertiary/aromatic N) is 5. The van der Waals surface area contributed by atoms with Gasteiger partial charge in [0.05, 0.1) is 29.9 Å². The molecular formula is C16H20Cl3N5O2. The van der Waals surface area contributed by atoms with Gasteiger partial charge in [-0.3, -0.25) is 4.90 Å². The monoisotopic (exact) mass is 419 g/mol. The minimum absolute atomic E-state index is 0. The van der Waals surface area contributed by atoms with Gasteiger partial charge in [0.1, 0.15) is 0 Å². The Morgan fingerprint density at radius 2 is 1.88 bits per heavy atom. The van der Waals surface area contributed by atoms with E-state index in [1.54, 1.807) is 4.68 Å². The van der Waals surface area contributed by atoms with Crippen molar-refractivity contribution in [2.45, 2.75) is 6.54 Å². The molecule has 10 heteroatoms. The molecule has 2 aromatic rings. The van der Waals surface area contributed by atoms with Gasteiger partial charge in [0.2, 0.25) is 0 Å². The Balaban J connectivity index is 0.00000243. The topological polar surface area (TPSA) is 63.5 Å². The molecule has 0 aliphatic carbocycles. The molecule has 1 aliphatic rings. The first-order valence-corrected chi connectivity index (χ1v) is 8.73. The van der Waals surface area contributed by atoms with Crippen LogP contribution in [0.4, 0.5) is 5.69 Å². The third-order valence-electron chi connectivity index (χ3n) is 4.28. The molecule has 0 bridgehead atoms. The largest absolute Gasteiger partial charge is 0.464 e. The number of hydrogen-bond acceptors (Lipinski definition) is 6. The van der Waals surface area contributed by atoms with E-state index in [2.05, 4.69) is 20.1 Å². The van der Waals surface area contributed by atoms with Crippen LogP contribution in [0, 0.1) is 0 Å². The van der Waals surface area contributed by atoms with Crippen LogP contribution in [0.25, 0.3) is 0 Å². The molecule has 0 N–H and O–H groups in total. The smallest absolute Gasteiger partial charge is 0.358 e. The summed E-state index contributed by atoms with van der Waals surface area (Å²) in [5, 5.41) is 8.88. The highest BCUT2D eigenvalue weighted by Gasteiger charge is 2.19. The van der Waals surface area contributed by atoms with Crippen LogP contribution in [-0.2, 0) is 11.3 Å². The Kier molecular flexibility index (Phi) is 7.52. The van der Waals surface area contributed by atoms with Crippen molar-refractivity contribution >= 4 is 47.3 Å². The molecule has 0 amide bonds. The molecule has 1 aromatic carbocycles. The van der Waals surface area contributed by atoms with E-state index in [1.807, 2.05) is 18.2 Å². The summed E-state index contributed by atoms with van der Waals surface area (Å²) in [4.78, 5) is 16.3. The number of benzene rings is 1. The summed E-state index contributed by atoms with van der Waals surface area (Å²) in [5.74, 6) is -0.422. The van der Waals surface area contributed by atoms with Crippen molar-refractivity contribution < 1.29 is 9.53 Å². The number of esters is 1. The minimum Gasteiger partial charge on any atom is -0.464 e. The summed E-state index contributed by atoms with van der Waals surface area (Å²) in [6, 6.07) is 5.71. The first-order valence-electron chi connectivity index (χ1n) is 7.97. The van der Waals surface area contributed by atoms with Crippen LogP contribution < -0.4 is 4.90 Å². The molecule has 26 heavy (non-hydrogen) atoms. The molecule has 7 nitrogen and oxygen atoms in total. The number of anilines is 1. The van der Waals surface area contributed by atoms with Gasteiger partial charge in [0.25, 0.3) is 0 Å². The normalized spacial score (nSPS) is 14.8. The molecule has 1 aliphatic heterocycles. The molecule has 0 spiro atoms. The van der Waals surface area contributed by atoms with Crippen LogP contribution in [0.2, 0.25) is 10.0 Å². The summed E-state index contributed by atoms with van der Waals surface area (Å²) in [5.41, 5.74) is 1.45. The molecule has 0 saturated carbocycles. The molecule has 0 unspecified atom stereocenters. The number of halogens is 3. The summed E-state index contributed by atoms with van der Waals surface area (Å²) in [6.45, 7) is 5.03. The Labute approximate surface area is 168 Å². The fourth-order valence-corrected chi connectivity index (χ4v) is 3.13. The van der Waals surface area contributed by atoms with Crippen molar-refractivity contribution in [3.05, 3.63) is 40.1 Å². The first-order chi connectivity index (χ1) is 12.1. The molecular weight excluding hydrogens is 401 g/mol. The lowest BCUT2D eigenvalue weighted by atomic mass is 10.2. The zero-order valence-electron chi connectivity index (χ0n) is 14.3. The standard InChI is InChI=1S/C16H19Cl2N5O2.ClH/c1-25-16(24)15-11-19-20-23(15)9-6-21-4-7-22(8-5-21)12-2-3-13(17)14(18)10-12;/h2-3,10-11H,4-9H2,1H3;1H. The van der Waals surface area contributed by atoms with Crippen molar-refractivity contribution in [2.75, 3.05) is 44.7 Å². The van der Waals surface area contributed by atoms with Crippen molar-refractivity contribution in [3.63, 3.8) is 0 Å². The van der Waals surface area contributed by atoms with E-state index in [0.29, 0.717) is 22.3 Å². The van der Waals surface area contributed by atoms with Gasteiger partial charge in [0.15, 0.2) is 5.69 Å². The molecule has 2 heterocycles. The fraction of sp³-hybridized carbons (Fsp3) is 0.438. The third-order valence-corrected chi connectivity index (χ3v) is 5.02. The fourth-order valence-electron chi connectivity index (χ4n) is 2.83. The zero-order valence-corrected chi connectivity index (χ0v) is 16.6. The second-order valence-corrected chi connectivity index (χ2v) is 6.58.